The van der Waals surface area contributed by atoms with Crippen LogP contribution in [-0.4, -0.2) is 46.1 Å². The molecular weight excluding hydrogens is 461 g/mol. The summed E-state index contributed by atoms with van der Waals surface area (Å²) in [5.74, 6) is 1.31. The summed E-state index contributed by atoms with van der Waals surface area (Å²) < 4.78 is 35.3. The summed E-state index contributed by atoms with van der Waals surface area (Å²) in [5, 5.41) is 0.371. The van der Waals surface area contributed by atoms with Crippen molar-refractivity contribution in [1.29, 1.82) is 0 Å². The maximum Gasteiger partial charge on any atom is 0.209 e. The molecular formula is C22H27Cl2NO5S. The highest BCUT2D eigenvalue weighted by Gasteiger charge is 2.24. The van der Waals surface area contributed by atoms with Crippen molar-refractivity contribution in [3.05, 3.63) is 58.6 Å². The van der Waals surface area contributed by atoms with E-state index in [1.807, 2.05) is 30.3 Å². The van der Waals surface area contributed by atoms with Gasteiger partial charge >= 0.3 is 0 Å². The maximum atomic E-state index is 11.8. The topological polar surface area (TPSA) is 81.7 Å². The fourth-order valence-electron chi connectivity index (χ4n) is 2.81. The average Bonchev–Trinajstić information content (AvgIpc) is 2.71. The molecule has 0 bridgehead atoms. The van der Waals surface area contributed by atoms with Gasteiger partial charge in [-0.05, 0) is 41.8 Å². The number of hydrogen-bond acceptors (Lipinski definition) is 5. The average molecular weight is 488 g/mol. The number of hydrogen-bond donors (Lipinski definition) is 1. The summed E-state index contributed by atoms with van der Waals surface area (Å²) in [6.07, 6.45) is 1.78. The molecule has 170 valence electrons. The van der Waals surface area contributed by atoms with Crippen molar-refractivity contribution in [2.45, 2.75) is 25.7 Å². The normalized spacial score (nSPS) is 11.9. The lowest BCUT2D eigenvalue weighted by molar-refractivity contribution is -0.119. The zero-order valence-corrected chi connectivity index (χ0v) is 20.1. The molecule has 0 radical (unpaired) electrons. The minimum Gasteiger partial charge on any atom is -0.494 e. The zero-order valence-electron chi connectivity index (χ0n) is 17.8. The monoisotopic (exact) mass is 487 g/mol. The van der Waals surface area contributed by atoms with Crippen LogP contribution in [0.25, 0.3) is 0 Å². The lowest BCUT2D eigenvalue weighted by atomic mass is 9.78. The number of halogens is 2. The molecule has 0 heterocycles. The predicted molar refractivity (Wildman–Crippen MR) is 124 cm³/mol. The molecule has 0 unspecified atom stereocenters. The standard InChI is InChI=1S/C22H27Cl2NO5S/c1-22(2,16-5-8-19(9-6-16)29-12-4-11-23)17-7-10-21(20(24)13-17)30-15-18(26)14-25-31(3,27)28/h5-10,13,25H,4,11-12,14-15H2,1-3H3. The third-order valence-corrected chi connectivity index (χ3v) is 5.93. The minimum absolute atomic E-state index is 0.282. The van der Waals surface area contributed by atoms with Crippen molar-refractivity contribution in [3.63, 3.8) is 0 Å². The Labute approximate surface area is 193 Å². The molecule has 9 heteroatoms. The first kappa shape index (κ1) is 25.5. The van der Waals surface area contributed by atoms with E-state index in [0.29, 0.717) is 23.3 Å². The summed E-state index contributed by atoms with van der Waals surface area (Å²) in [4.78, 5) is 11.8. The molecule has 2 rings (SSSR count). The minimum atomic E-state index is -3.43. The number of carbonyl (C=O) groups is 1. The Morgan fingerprint density at radius 3 is 2.29 bits per heavy atom. The second kappa shape index (κ2) is 11.2. The first-order valence-electron chi connectivity index (χ1n) is 9.71. The van der Waals surface area contributed by atoms with Crippen LogP contribution in [0, 0.1) is 0 Å². The Kier molecular flexibility index (Phi) is 9.18. The molecule has 0 saturated carbocycles. The Morgan fingerprint density at radius 1 is 1.06 bits per heavy atom. The molecule has 0 atom stereocenters. The Bertz CT molecular complexity index is 991. The van der Waals surface area contributed by atoms with Gasteiger partial charge < -0.3 is 9.47 Å². The van der Waals surface area contributed by atoms with Crippen LogP contribution in [-0.2, 0) is 20.2 Å². The van der Waals surface area contributed by atoms with E-state index in [1.54, 1.807) is 12.1 Å². The first-order valence-corrected chi connectivity index (χ1v) is 12.5. The van der Waals surface area contributed by atoms with Gasteiger partial charge in [0.2, 0.25) is 10.0 Å². The van der Waals surface area contributed by atoms with E-state index in [9.17, 15) is 13.2 Å². The SMILES string of the molecule is CC(C)(c1ccc(OCCCCl)cc1)c1ccc(OCC(=O)CNS(C)(=O)=O)c(Cl)c1. The summed E-state index contributed by atoms with van der Waals surface area (Å²) >= 11 is 12.0. The molecule has 0 spiro atoms. The van der Waals surface area contributed by atoms with Gasteiger partial charge in [-0.1, -0.05) is 43.6 Å². The number of nitrogens with one attached hydrogen (secondary N) is 1. The van der Waals surface area contributed by atoms with E-state index in [-0.39, 0.29) is 18.6 Å². The van der Waals surface area contributed by atoms with Crippen molar-refractivity contribution >= 4 is 39.0 Å². The van der Waals surface area contributed by atoms with Crippen LogP contribution in [0.2, 0.25) is 5.02 Å². The second-order valence-corrected chi connectivity index (χ2v) is 10.2. The summed E-state index contributed by atoms with van der Waals surface area (Å²) in [7, 11) is -3.43. The van der Waals surface area contributed by atoms with Gasteiger partial charge in [-0.25, -0.2) is 13.1 Å². The number of benzene rings is 2. The van der Waals surface area contributed by atoms with Crippen LogP contribution in [0.5, 0.6) is 11.5 Å². The molecule has 0 aromatic heterocycles. The lowest BCUT2D eigenvalue weighted by Gasteiger charge is -2.27. The number of rotatable bonds is 12. The summed E-state index contributed by atoms with van der Waals surface area (Å²) in [6.45, 7) is 4.14. The lowest BCUT2D eigenvalue weighted by Crippen LogP contribution is -2.31. The quantitative estimate of drug-likeness (QED) is 0.358. The number of sulfonamides is 1. The first-order chi connectivity index (χ1) is 14.5. The van der Waals surface area contributed by atoms with Crippen LogP contribution in [0.1, 0.15) is 31.4 Å². The molecule has 2 aromatic carbocycles. The van der Waals surface area contributed by atoms with E-state index in [1.165, 1.54) is 0 Å². The molecule has 0 amide bonds. The van der Waals surface area contributed by atoms with Crippen LogP contribution < -0.4 is 14.2 Å². The fourth-order valence-corrected chi connectivity index (χ4v) is 3.57. The van der Waals surface area contributed by atoms with Gasteiger partial charge in [-0.3, -0.25) is 4.79 Å². The van der Waals surface area contributed by atoms with Crippen molar-refractivity contribution in [1.82, 2.24) is 4.72 Å². The Hall–Kier alpha value is -1.80. The van der Waals surface area contributed by atoms with Gasteiger partial charge in [0.25, 0.3) is 0 Å². The number of ether oxygens (including phenoxy) is 2. The van der Waals surface area contributed by atoms with E-state index in [4.69, 9.17) is 32.7 Å². The van der Waals surface area contributed by atoms with Crippen molar-refractivity contribution in [2.24, 2.45) is 0 Å². The van der Waals surface area contributed by atoms with Crippen LogP contribution in [0.4, 0.5) is 0 Å². The van der Waals surface area contributed by atoms with Crippen LogP contribution >= 0.6 is 23.2 Å². The highest BCUT2D eigenvalue weighted by atomic mass is 35.5. The summed E-state index contributed by atoms with van der Waals surface area (Å²) in [5.41, 5.74) is 1.74. The smallest absolute Gasteiger partial charge is 0.209 e. The largest absolute Gasteiger partial charge is 0.494 e. The van der Waals surface area contributed by atoms with Gasteiger partial charge in [0, 0.05) is 11.3 Å². The summed E-state index contributed by atoms with van der Waals surface area (Å²) in [6, 6.07) is 13.3. The molecule has 0 aliphatic rings. The third kappa shape index (κ3) is 8.00. The molecule has 0 fully saturated rings. The van der Waals surface area contributed by atoms with Gasteiger partial charge in [-0.15, -0.1) is 11.6 Å². The molecule has 1 N–H and O–H groups in total. The highest BCUT2D eigenvalue weighted by Crippen LogP contribution is 2.36. The number of carbonyl (C=O) groups excluding carboxylic acids is 1. The molecule has 6 nitrogen and oxygen atoms in total. The van der Waals surface area contributed by atoms with Gasteiger partial charge in [0.15, 0.2) is 5.78 Å². The zero-order chi connectivity index (χ0) is 23.1. The number of ketones is 1. The van der Waals surface area contributed by atoms with Gasteiger partial charge in [0.05, 0.1) is 24.4 Å². The van der Waals surface area contributed by atoms with E-state index < -0.39 is 15.8 Å². The molecule has 0 saturated heterocycles. The van der Waals surface area contributed by atoms with Crippen molar-refractivity contribution < 1.29 is 22.7 Å². The number of alkyl halides is 1. The Morgan fingerprint density at radius 2 is 1.71 bits per heavy atom. The van der Waals surface area contributed by atoms with E-state index in [2.05, 4.69) is 18.6 Å². The predicted octanol–water partition coefficient (Wildman–Crippen LogP) is 4.17. The third-order valence-electron chi connectivity index (χ3n) is 4.70. The molecule has 31 heavy (non-hydrogen) atoms. The number of Topliss-reactive ketones (excluding diaryl/α,β-unsaturated/α-hetero) is 1. The van der Waals surface area contributed by atoms with Crippen molar-refractivity contribution in [2.75, 3.05) is 31.9 Å². The van der Waals surface area contributed by atoms with E-state index >= 15 is 0 Å². The van der Waals surface area contributed by atoms with Crippen LogP contribution in [0.3, 0.4) is 0 Å². The Balaban J connectivity index is 2.04. The molecule has 2 aromatic rings. The van der Waals surface area contributed by atoms with Gasteiger partial charge in [0.1, 0.15) is 18.1 Å². The van der Waals surface area contributed by atoms with Crippen molar-refractivity contribution in [3.8, 4) is 11.5 Å². The second-order valence-electron chi connectivity index (χ2n) is 7.61. The molecule has 0 aliphatic heterocycles. The van der Waals surface area contributed by atoms with E-state index in [0.717, 1.165) is 29.6 Å². The fraction of sp³-hybridized carbons (Fsp3) is 0.409. The molecule has 0 aliphatic carbocycles. The highest BCUT2D eigenvalue weighted by molar-refractivity contribution is 7.88. The maximum absolute atomic E-state index is 11.8. The van der Waals surface area contributed by atoms with Gasteiger partial charge in [-0.2, -0.15) is 0 Å². The van der Waals surface area contributed by atoms with Crippen LogP contribution in [0.15, 0.2) is 42.5 Å².